The van der Waals surface area contributed by atoms with E-state index in [1.807, 2.05) is 24.5 Å². The third kappa shape index (κ3) is 1.55. The summed E-state index contributed by atoms with van der Waals surface area (Å²) in [6.45, 7) is 1.66. The maximum Gasteiger partial charge on any atom is 0.118 e. The van der Waals surface area contributed by atoms with Crippen molar-refractivity contribution in [2.45, 2.75) is 18.8 Å². The molecular formula is C12H15N3O. The Morgan fingerprint density at radius 2 is 2.44 bits per heavy atom. The van der Waals surface area contributed by atoms with E-state index in [0.717, 1.165) is 43.1 Å². The van der Waals surface area contributed by atoms with Gasteiger partial charge in [-0.05, 0) is 25.0 Å². The van der Waals surface area contributed by atoms with Crippen molar-refractivity contribution in [3.63, 3.8) is 0 Å². The molecule has 1 aliphatic rings. The van der Waals surface area contributed by atoms with Crippen molar-refractivity contribution in [1.82, 2.24) is 9.38 Å². The van der Waals surface area contributed by atoms with E-state index < -0.39 is 0 Å². The summed E-state index contributed by atoms with van der Waals surface area (Å²) in [6.07, 6.45) is 6.14. The third-order valence-corrected chi connectivity index (χ3v) is 3.11. The monoisotopic (exact) mass is 217 g/mol. The van der Waals surface area contributed by atoms with Crippen molar-refractivity contribution < 1.29 is 4.74 Å². The molecule has 1 fully saturated rings. The first-order valence-electron chi connectivity index (χ1n) is 5.65. The number of fused-ring (bicyclic) bond motifs is 1. The molecule has 2 aromatic heterocycles. The van der Waals surface area contributed by atoms with Crippen LogP contribution in [-0.2, 0) is 4.74 Å². The van der Waals surface area contributed by atoms with Crippen LogP contribution in [0.25, 0.3) is 5.52 Å². The van der Waals surface area contributed by atoms with E-state index in [1.165, 1.54) is 0 Å². The van der Waals surface area contributed by atoms with Gasteiger partial charge in [-0.3, -0.25) is 0 Å². The summed E-state index contributed by atoms with van der Waals surface area (Å²) in [7, 11) is 0. The molecule has 2 aromatic rings. The zero-order valence-electron chi connectivity index (χ0n) is 9.10. The maximum absolute atomic E-state index is 5.75. The minimum absolute atomic E-state index is 0.417. The van der Waals surface area contributed by atoms with Crippen LogP contribution < -0.4 is 5.73 Å². The van der Waals surface area contributed by atoms with Crippen molar-refractivity contribution in [3.05, 3.63) is 30.4 Å². The van der Waals surface area contributed by atoms with Gasteiger partial charge in [-0.1, -0.05) is 0 Å². The van der Waals surface area contributed by atoms with Crippen LogP contribution >= 0.6 is 0 Å². The van der Waals surface area contributed by atoms with Crippen molar-refractivity contribution in [2.75, 3.05) is 18.9 Å². The van der Waals surface area contributed by atoms with Crippen molar-refractivity contribution in [3.8, 4) is 0 Å². The first-order chi connectivity index (χ1) is 7.84. The number of nitrogen functional groups attached to an aromatic ring is 1. The van der Waals surface area contributed by atoms with Crippen LogP contribution in [0.3, 0.4) is 0 Å². The zero-order chi connectivity index (χ0) is 11.0. The quantitative estimate of drug-likeness (QED) is 0.792. The molecule has 1 atom stereocenters. The summed E-state index contributed by atoms with van der Waals surface area (Å²) in [5.41, 5.74) is 7.58. The van der Waals surface area contributed by atoms with Crippen LogP contribution in [0.1, 0.15) is 24.6 Å². The van der Waals surface area contributed by atoms with E-state index in [1.54, 1.807) is 0 Å². The summed E-state index contributed by atoms with van der Waals surface area (Å²) in [5, 5.41) is 0. The molecule has 1 aliphatic heterocycles. The lowest BCUT2D eigenvalue weighted by Gasteiger charge is -2.21. The first-order valence-corrected chi connectivity index (χ1v) is 5.65. The molecule has 3 rings (SSSR count). The van der Waals surface area contributed by atoms with Gasteiger partial charge in [0.05, 0.1) is 18.3 Å². The molecular weight excluding hydrogens is 202 g/mol. The molecule has 2 N–H and O–H groups in total. The summed E-state index contributed by atoms with van der Waals surface area (Å²) in [6, 6.07) is 3.85. The van der Waals surface area contributed by atoms with Crippen LogP contribution in [0.15, 0.2) is 24.5 Å². The van der Waals surface area contributed by atoms with E-state index in [4.69, 9.17) is 10.5 Å². The summed E-state index contributed by atoms with van der Waals surface area (Å²) < 4.78 is 7.61. The van der Waals surface area contributed by atoms with E-state index >= 15 is 0 Å². The molecule has 0 spiro atoms. The fraction of sp³-hybridized carbons (Fsp3) is 0.417. The Balaban J connectivity index is 2.03. The molecule has 1 saturated heterocycles. The zero-order valence-corrected chi connectivity index (χ0v) is 9.10. The second kappa shape index (κ2) is 3.79. The smallest absolute Gasteiger partial charge is 0.118 e. The largest absolute Gasteiger partial charge is 0.399 e. The molecule has 4 heteroatoms. The Morgan fingerprint density at radius 3 is 3.25 bits per heavy atom. The van der Waals surface area contributed by atoms with Gasteiger partial charge in [-0.15, -0.1) is 0 Å². The van der Waals surface area contributed by atoms with Gasteiger partial charge >= 0.3 is 0 Å². The van der Waals surface area contributed by atoms with Gasteiger partial charge in [-0.2, -0.15) is 0 Å². The highest BCUT2D eigenvalue weighted by Gasteiger charge is 2.20. The summed E-state index contributed by atoms with van der Waals surface area (Å²) in [5.74, 6) is 1.51. The number of hydrogen-bond donors (Lipinski definition) is 1. The predicted octanol–water partition coefficient (Wildman–Crippen LogP) is 1.81. The van der Waals surface area contributed by atoms with Crippen molar-refractivity contribution >= 4 is 11.2 Å². The fourth-order valence-electron chi connectivity index (χ4n) is 2.28. The Morgan fingerprint density at radius 1 is 1.50 bits per heavy atom. The third-order valence-electron chi connectivity index (χ3n) is 3.11. The van der Waals surface area contributed by atoms with Crippen LogP contribution in [0.5, 0.6) is 0 Å². The molecule has 3 heterocycles. The highest BCUT2D eigenvalue weighted by Crippen LogP contribution is 2.25. The molecule has 16 heavy (non-hydrogen) atoms. The fourth-order valence-corrected chi connectivity index (χ4v) is 2.28. The number of hydrogen-bond acceptors (Lipinski definition) is 3. The second-order valence-corrected chi connectivity index (χ2v) is 4.29. The normalized spacial score (nSPS) is 21.4. The minimum atomic E-state index is 0.417. The molecule has 0 aromatic carbocycles. The number of aromatic nitrogens is 2. The lowest BCUT2D eigenvalue weighted by atomic mass is 10.0. The molecule has 0 bridgehead atoms. The highest BCUT2D eigenvalue weighted by molar-refractivity contribution is 5.56. The van der Waals surface area contributed by atoms with E-state index in [2.05, 4.69) is 9.38 Å². The number of ether oxygens (including phenoxy) is 1. The number of nitrogens with two attached hydrogens (primary N) is 1. The molecule has 0 aliphatic carbocycles. The Kier molecular flexibility index (Phi) is 2.29. The number of imidazole rings is 1. The van der Waals surface area contributed by atoms with Gasteiger partial charge in [0.15, 0.2) is 0 Å². The van der Waals surface area contributed by atoms with Crippen molar-refractivity contribution in [2.24, 2.45) is 0 Å². The van der Waals surface area contributed by atoms with Gasteiger partial charge in [-0.25, -0.2) is 4.98 Å². The SMILES string of the molecule is Nc1ccn2c(C3CCCOC3)ncc2c1. The Bertz CT molecular complexity index is 500. The summed E-state index contributed by atoms with van der Waals surface area (Å²) in [4.78, 5) is 4.49. The second-order valence-electron chi connectivity index (χ2n) is 4.29. The molecule has 1 unspecified atom stereocenters. The highest BCUT2D eigenvalue weighted by atomic mass is 16.5. The molecule has 0 saturated carbocycles. The molecule has 84 valence electrons. The van der Waals surface area contributed by atoms with Crippen LogP contribution in [0, 0.1) is 0 Å². The Labute approximate surface area is 94.0 Å². The van der Waals surface area contributed by atoms with Gasteiger partial charge in [0, 0.05) is 24.4 Å². The number of anilines is 1. The van der Waals surface area contributed by atoms with Crippen LogP contribution in [0.2, 0.25) is 0 Å². The Hall–Kier alpha value is -1.55. The maximum atomic E-state index is 5.75. The minimum Gasteiger partial charge on any atom is -0.399 e. The topological polar surface area (TPSA) is 52.5 Å². The van der Waals surface area contributed by atoms with Crippen LogP contribution in [0.4, 0.5) is 5.69 Å². The predicted molar refractivity (Wildman–Crippen MR) is 62.4 cm³/mol. The standard InChI is InChI=1S/C12H15N3O/c13-10-3-4-15-11(6-10)7-14-12(15)9-2-1-5-16-8-9/h3-4,6-7,9H,1-2,5,8,13H2. The lowest BCUT2D eigenvalue weighted by Crippen LogP contribution is -2.17. The van der Waals surface area contributed by atoms with E-state index in [9.17, 15) is 0 Å². The number of rotatable bonds is 1. The van der Waals surface area contributed by atoms with E-state index in [0.29, 0.717) is 5.92 Å². The number of nitrogens with zero attached hydrogens (tertiary/aromatic N) is 2. The number of pyridine rings is 1. The van der Waals surface area contributed by atoms with Gasteiger partial charge in [0.25, 0.3) is 0 Å². The van der Waals surface area contributed by atoms with Gasteiger partial charge in [0.1, 0.15) is 5.82 Å². The molecule has 4 nitrogen and oxygen atoms in total. The van der Waals surface area contributed by atoms with E-state index in [-0.39, 0.29) is 0 Å². The average Bonchev–Trinajstić information content (AvgIpc) is 2.73. The van der Waals surface area contributed by atoms with Gasteiger partial charge < -0.3 is 14.9 Å². The van der Waals surface area contributed by atoms with Crippen LogP contribution in [-0.4, -0.2) is 22.6 Å². The summed E-state index contributed by atoms with van der Waals surface area (Å²) >= 11 is 0. The molecule has 0 amide bonds. The molecule has 0 radical (unpaired) electrons. The average molecular weight is 217 g/mol. The van der Waals surface area contributed by atoms with Crippen molar-refractivity contribution in [1.29, 1.82) is 0 Å². The lowest BCUT2D eigenvalue weighted by molar-refractivity contribution is 0.0779. The van der Waals surface area contributed by atoms with Gasteiger partial charge in [0.2, 0.25) is 0 Å². The first kappa shape index (κ1) is 9.66.